The van der Waals surface area contributed by atoms with Gasteiger partial charge in [0.2, 0.25) is 11.7 Å². The Hall–Kier alpha value is -2.77. The molecular weight excluding hydrogens is 270 g/mol. The molecule has 0 saturated heterocycles. The third kappa shape index (κ3) is 2.47. The minimum Gasteiger partial charge on any atom is -0.371 e. The van der Waals surface area contributed by atoms with Crippen LogP contribution in [0.3, 0.4) is 0 Å². The average molecular weight is 285 g/mol. The van der Waals surface area contributed by atoms with Gasteiger partial charge in [-0.25, -0.2) is 9.97 Å². The Kier molecular flexibility index (Phi) is 3.35. The van der Waals surface area contributed by atoms with E-state index in [1.807, 2.05) is 20.2 Å². The molecule has 0 bridgehead atoms. The maximum Gasteiger partial charge on any atom is 0.234 e. The van der Waals surface area contributed by atoms with Gasteiger partial charge in [0.05, 0.1) is 12.1 Å². The highest BCUT2D eigenvalue weighted by atomic mass is 16.5. The summed E-state index contributed by atoms with van der Waals surface area (Å²) >= 11 is 0. The Morgan fingerprint density at radius 2 is 2.10 bits per heavy atom. The van der Waals surface area contributed by atoms with Gasteiger partial charge in [-0.2, -0.15) is 10.1 Å². The first kappa shape index (κ1) is 13.2. The second-order valence-electron chi connectivity index (χ2n) is 4.63. The van der Waals surface area contributed by atoms with Gasteiger partial charge in [0.25, 0.3) is 0 Å². The number of aryl methyl sites for hydroxylation is 1. The summed E-state index contributed by atoms with van der Waals surface area (Å²) < 4.78 is 7.09. The van der Waals surface area contributed by atoms with Gasteiger partial charge in [-0.15, -0.1) is 0 Å². The fourth-order valence-corrected chi connectivity index (χ4v) is 2.00. The lowest BCUT2D eigenvalue weighted by Crippen LogP contribution is -1.99. The highest BCUT2D eigenvalue weighted by Gasteiger charge is 2.20. The zero-order chi connectivity index (χ0) is 14.8. The minimum absolute atomic E-state index is 0.0327. The molecule has 0 fully saturated rings. The van der Waals surface area contributed by atoms with Crippen LogP contribution in [0.15, 0.2) is 29.3 Å². The van der Waals surface area contributed by atoms with Crippen LogP contribution in [0, 0.1) is 0 Å². The number of hydrogen-bond acceptors (Lipinski definition) is 7. The Morgan fingerprint density at radius 3 is 2.81 bits per heavy atom. The van der Waals surface area contributed by atoms with Crippen molar-refractivity contribution in [1.29, 1.82) is 0 Å². The first-order chi connectivity index (χ1) is 10.2. The Bertz CT molecular complexity index is 748. The fourth-order valence-electron chi connectivity index (χ4n) is 2.00. The molecule has 1 atom stereocenters. The summed E-state index contributed by atoms with van der Waals surface area (Å²) in [6, 6.07) is 0. The highest BCUT2D eigenvalue weighted by Crippen LogP contribution is 2.26. The predicted octanol–water partition coefficient (Wildman–Crippen LogP) is 1.45. The van der Waals surface area contributed by atoms with Crippen LogP contribution in [0.25, 0.3) is 11.5 Å². The van der Waals surface area contributed by atoms with Crippen LogP contribution in [-0.4, -0.2) is 36.9 Å². The van der Waals surface area contributed by atoms with E-state index in [0.29, 0.717) is 23.2 Å². The zero-order valence-electron chi connectivity index (χ0n) is 12.0. The molecule has 3 rings (SSSR count). The van der Waals surface area contributed by atoms with Crippen LogP contribution < -0.4 is 5.32 Å². The maximum atomic E-state index is 5.35. The van der Waals surface area contributed by atoms with E-state index >= 15 is 0 Å². The Balaban J connectivity index is 1.93. The summed E-state index contributed by atoms with van der Waals surface area (Å²) in [5.41, 5.74) is 1.58. The predicted molar refractivity (Wildman–Crippen MR) is 75.6 cm³/mol. The third-order valence-electron chi connectivity index (χ3n) is 3.18. The smallest absolute Gasteiger partial charge is 0.234 e. The van der Waals surface area contributed by atoms with E-state index in [1.54, 1.807) is 30.3 Å². The largest absolute Gasteiger partial charge is 0.371 e. The SMILES string of the molecule is CNc1nccnc1-c1noc(C(C)c2cnn(C)c2)n1. The average Bonchev–Trinajstić information content (AvgIpc) is 3.15. The van der Waals surface area contributed by atoms with Crippen LogP contribution in [-0.2, 0) is 7.05 Å². The second kappa shape index (κ2) is 5.31. The van der Waals surface area contributed by atoms with Gasteiger partial charge in [-0.05, 0) is 6.92 Å². The molecule has 21 heavy (non-hydrogen) atoms. The quantitative estimate of drug-likeness (QED) is 0.775. The van der Waals surface area contributed by atoms with Gasteiger partial charge in [0.1, 0.15) is 0 Å². The van der Waals surface area contributed by atoms with Gasteiger partial charge in [0, 0.05) is 38.2 Å². The molecule has 0 spiro atoms. The van der Waals surface area contributed by atoms with Crippen LogP contribution >= 0.6 is 0 Å². The van der Waals surface area contributed by atoms with Crippen molar-refractivity contribution in [2.45, 2.75) is 12.8 Å². The standard InChI is InChI=1S/C13H15N7O/c1-8(9-6-17-20(3)7-9)13-18-12(19-21-13)10-11(14-2)16-5-4-15-10/h4-8H,1-3H3,(H,14,16). The molecule has 1 unspecified atom stereocenters. The number of nitrogens with zero attached hydrogens (tertiary/aromatic N) is 6. The van der Waals surface area contributed by atoms with Crippen LogP contribution in [0.2, 0.25) is 0 Å². The van der Waals surface area contributed by atoms with E-state index in [4.69, 9.17) is 4.52 Å². The molecule has 0 amide bonds. The molecule has 108 valence electrons. The second-order valence-corrected chi connectivity index (χ2v) is 4.63. The molecule has 0 aliphatic rings. The lowest BCUT2D eigenvalue weighted by molar-refractivity contribution is 0.370. The molecule has 3 aromatic rings. The summed E-state index contributed by atoms with van der Waals surface area (Å²) in [6.45, 7) is 1.99. The first-order valence-electron chi connectivity index (χ1n) is 6.50. The van der Waals surface area contributed by atoms with Crippen molar-refractivity contribution in [1.82, 2.24) is 29.9 Å². The van der Waals surface area contributed by atoms with E-state index in [-0.39, 0.29) is 5.92 Å². The lowest BCUT2D eigenvalue weighted by atomic mass is 10.1. The molecule has 8 nitrogen and oxygen atoms in total. The molecular formula is C13H15N7O. The van der Waals surface area contributed by atoms with Crippen molar-refractivity contribution in [2.24, 2.45) is 7.05 Å². The first-order valence-corrected chi connectivity index (χ1v) is 6.50. The lowest BCUT2D eigenvalue weighted by Gasteiger charge is -2.02. The molecule has 1 N–H and O–H groups in total. The highest BCUT2D eigenvalue weighted by molar-refractivity contribution is 5.64. The molecule has 0 radical (unpaired) electrons. The number of aromatic nitrogens is 6. The van der Waals surface area contributed by atoms with Gasteiger partial charge in [-0.3, -0.25) is 4.68 Å². The normalized spacial score (nSPS) is 12.3. The molecule has 0 aromatic carbocycles. The minimum atomic E-state index is -0.0327. The van der Waals surface area contributed by atoms with Gasteiger partial charge < -0.3 is 9.84 Å². The topological polar surface area (TPSA) is 94.5 Å². The van der Waals surface area contributed by atoms with Crippen molar-refractivity contribution in [3.8, 4) is 11.5 Å². The molecule has 8 heteroatoms. The van der Waals surface area contributed by atoms with Gasteiger partial charge in [0.15, 0.2) is 11.5 Å². The maximum absolute atomic E-state index is 5.35. The molecule has 3 heterocycles. The molecule has 3 aromatic heterocycles. The monoisotopic (exact) mass is 285 g/mol. The van der Waals surface area contributed by atoms with Crippen molar-refractivity contribution >= 4 is 5.82 Å². The van der Waals surface area contributed by atoms with E-state index in [9.17, 15) is 0 Å². The van der Waals surface area contributed by atoms with Crippen molar-refractivity contribution in [3.63, 3.8) is 0 Å². The number of rotatable bonds is 4. The van der Waals surface area contributed by atoms with Crippen molar-refractivity contribution < 1.29 is 4.52 Å². The summed E-state index contributed by atoms with van der Waals surface area (Å²) in [5, 5.41) is 11.1. The van der Waals surface area contributed by atoms with E-state index < -0.39 is 0 Å². The van der Waals surface area contributed by atoms with E-state index in [0.717, 1.165) is 5.56 Å². The van der Waals surface area contributed by atoms with Crippen molar-refractivity contribution in [2.75, 3.05) is 12.4 Å². The van der Waals surface area contributed by atoms with Gasteiger partial charge >= 0.3 is 0 Å². The van der Waals surface area contributed by atoms with Gasteiger partial charge in [-0.1, -0.05) is 5.16 Å². The van der Waals surface area contributed by atoms with E-state index in [2.05, 4.69) is 30.5 Å². The number of anilines is 1. The summed E-state index contributed by atoms with van der Waals surface area (Å²) in [6.07, 6.45) is 6.91. The Morgan fingerprint density at radius 1 is 1.29 bits per heavy atom. The number of hydrogen-bond donors (Lipinski definition) is 1. The summed E-state index contributed by atoms with van der Waals surface area (Å²) in [7, 11) is 3.64. The van der Waals surface area contributed by atoms with Crippen LogP contribution in [0.5, 0.6) is 0 Å². The third-order valence-corrected chi connectivity index (χ3v) is 3.18. The Labute approximate surface area is 121 Å². The number of nitrogens with one attached hydrogen (secondary N) is 1. The molecule has 0 aliphatic heterocycles. The van der Waals surface area contributed by atoms with E-state index in [1.165, 1.54) is 0 Å². The van der Waals surface area contributed by atoms with Crippen molar-refractivity contribution in [3.05, 3.63) is 36.2 Å². The molecule has 0 aliphatic carbocycles. The van der Waals surface area contributed by atoms with Crippen LogP contribution in [0.1, 0.15) is 24.3 Å². The summed E-state index contributed by atoms with van der Waals surface area (Å²) in [5.74, 6) is 1.51. The fraction of sp³-hybridized carbons (Fsp3) is 0.308. The van der Waals surface area contributed by atoms with Crippen LogP contribution in [0.4, 0.5) is 5.82 Å². The molecule has 0 saturated carbocycles. The zero-order valence-corrected chi connectivity index (χ0v) is 12.0. The summed E-state index contributed by atoms with van der Waals surface area (Å²) in [4.78, 5) is 12.8.